The Labute approximate surface area is 194 Å². The normalized spacial score (nSPS) is 20.5. The minimum absolute atomic E-state index is 0. The highest BCUT2D eigenvalue weighted by Gasteiger charge is 2.31. The minimum atomic E-state index is 0. The largest absolute Gasteiger partial charge is 0.356 e. The first kappa shape index (κ1) is 23.4. The Morgan fingerprint density at radius 1 is 1.36 bits per heavy atom. The molecule has 2 aromatic heterocycles. The van der Waals surface area contributed by atoms with E-state index < -0.39 is 0 Å². The summed E-state index contributed by atoms with van der Waals surface area (Å²) in [6, 6.07) is 8.74. The number of pyridine rings is 1. The van der Waals surface area contributed by atoms with Crippen molar-refractivity contribution in [1.82, 2.24) is 20.5 Å². The molecule has 0 spiro atoms. The van der Waals surface area contributed by atoms with Crippen LogP contribution < -0.4 is 10.6 Å². The van der Waals surface area contributed by atoms with E-state index in [1.165, 1.54) is 24.3 Å². The van der Waals surface area contributed by atoms with Crippen LogP contribution in [0.15, 0.2) is 40.8 Å². The molecule has 0 aromatic carbocycles. The van der Waals surface area contributed by atoms with Crippen molar-refractivity contribution in [3.8, 4) is 0 Å². The number of nitrogens with zero attached hydrogens (tertiary/aromatic N) is 3. The van der Waals surface area contributed by atoms with Crippen molar-refractivity contribution < 1.29 is 0 Å². The molecule has 2 N–H and O–H groups in total. The summed E-state index contributed by atoms with van der Waals surface area (Å²) in [6.07, 6.45) is 5.20. The summed E-state index contributed by atoms with van der Waals surface area (Å²) in [7, 11) is 4.06. The van der Waals surface area contributed by atoms with Gasteiger partial charge in [-0.3, -0.25) is 9.89 Å². The van der Waals surface area contributed by atoms with Gasteiger partial charge in [0.25, 0.3) is 0 Å². The van der Waals surface area contributed by atoms with Gasteiger partial charge in [0.15, 0.2) is 5.96 Å². The van der Waals surface area contributed by atoms with Gasteiger partial charge in [-0.1, -0.05) is 23.7 Å². The summed E-state index contributed by atoms with van der Waals surface area (Å²) in [5, 5.41) is 9.63. The Bertz CT molecular complexity index is 723. The van der Waals surface area contributed by atoms with Gasteiger partial charge in [-0.15, -0.1) is 35.3 Å². The Morgan fingerprint density at radius 2 is 2.21 bits per heavy atom. The molecule has 2 unspecified atom stereocenters. The summed E-state index contributed by atoms with van der Waals surface area (Å²) < 4.78 is 0. The smallest absolute Gasteiger partial charge is 0.190 e. The van der Waals surface area contributed by atoms with Crippen LogP contribution in [0.5, 0.6) is 0 Å². The van der Waals surface area contributed by atoms with Gasteiger partial charge >= 0.3 is 0 Å². The van der Waals surface area contributed by atoms with Crippen LogP contribution in [-0.2, 0) is 6.42 Å². The molecular weight excluding hydrogens is 505 g/mol. The number of aromatic nitrogens is 1. The number of thiophene rings is 1. The quantitative estimate of drug-likeness (QED) is 0.253. The van der Waals surface area contributed by atoms with E-state index in [-0.39, 0.29) is 24.0 Å². The zero-order valence-electron chi connectivity index (χ0n) is 16.4. The van der Waals surface area contributed by atoms with Gasteiger partial charge in [0, 0.05) is 37.3 Å². The summed E-state index contributed by atoms with van der Waals surface area (Å²) in [5.74, 6) is 1.44. The molecule has 0 aliphatic carbocycles. The third-order valence-corrected chi connectivity index (χ3v) is 6.26. The van der Waals surface area contributed by atoms with E-state index in [1.807, 2.05) is 36.7 Å². The van der Waals surface area contributed by atoms with Crippen LogP contribution >= 0.6 is 46.9 Å². The summed E-state index contributed by atoms with van der Waals surface area (Å²) in [6.45, 7) is 2.90. The molecular formula is C20H29ClIN5S. The van der Waals surface area contributed by atoms with Gasteiger partial charge < -0.3 is 10.6 Å². The molecule has 28 heavy (non-hydrogen) atoms. The number of hydrogen-bond donors (Lipinski definition) is 2. The third-order valence-electron chi connectivity index (χ3n) is 5.09. The van der Waals surface area contributed by atoms with Crippen LogP contribution in [-0.4, -0.2) is 49.6 Å². The van der Waals surface area contributed by atoms with Crippen molar-refractivity contribution in [2.75, 3.05) is 33.7 Å². The van der Waals surface area contributed by atoms with Crippen LogP contribution in [0.3, 0.4) is 0 Å². The number of nitrogens with one attached hydrogen (secondary N) is 2. The van der Waals surface area contributed by atoms with E-state index >= 15 is 0 Å². The highest BCUT2D eigenvalue weighted by Crippen LogP contribution is 2.36. The Hall–Kier alpha value is -0.900. The SMILES string of the molecule is CN=C(NCCc1ccc(Cl)nc1)NCC1CCCN(C)C1c1cccs1.I. The van der Waals surface area contributed by atoms with Crippen molar-refractivity contribution >= 4 is 52.9 Å². The molecule has 8 heteroatoms. The molecule has 5 nitrogen and oxygen atoms in total. The van der Waals surface area contributed by atoms with Gasteiger partial charge in [-0.2, -0.15) is 0 Å². The van der Waals surface area contributed by atoms with Crippen molar-refractivity contribution in [3.63, 3.8) is 0 Å². The number of guanidine groups is 1. The highest BCUT2D eigenvalue weighted by molar-refractivity contribution is 14.0. The Balaban J connectivity index is 0.00000280. The predicted octanol–water partition coefficient (Wildman–Crippen LogP) is 4.21. The fourth-order valence-corrected chi connectivity index (χ4v) is 4.81. The molecule has 0 amide bonds. The zero-order chi connectivity index (χ0) is 19.1. The first-order valence-corrected chi connectivity index (χ1v) is 10.7. The molecule has 1 aliphatic heterocycles. The second-order valence-electron chi connectivity index (χ2n) is 6.96. The molecule has 1 fully saturated rings. The minimum Gasteiger partial charge on any atom is -0.356 e. The van der Waals surface area contributed by atoms with Crippen LogP contribution in [0.1, 0.15) is 29.3 Å². The first-order valence-electron chi connectivity index (χ1n) is 9.46. The van der Waals surface area contributed by atoms with E-state index in [1.54, 1.807) is 0 Å². The number of halogens is 2. The standard InChI is InChI=1S/C20H28ClN5S.HI/c1-22-20(23-10-9-15-7-8-18(21)24-13-15)25-14-16-5-3-11-26(2)19(16)17-6-4-12-27-17;/h4,6-8,12-13,16,19H,3,5,9-11,14H2,1-2H3,(H2,22,23,25);1H. The average molecular weight is 534 g/mol. The monoisotopic (exact) mass is 533 g/mol. The molecule has 1 aliphatic rings. The Morgan fingerprint density at radius 3 is 2.89 bits per heavy atom. The van der Waals surface area contributed by atoms with Crippen LogP contribution in [0.4, 0.5) is 0 Å². The molecule has 3 rings (SSSR count). The number of rotatable bonds is 6. The van der Waals surface area contributed by atoms with E-state index in [0.717, 1.165) is 31.0 Å². The van der Waals surface area contributed by atoms with Gasteiger partial charge in [0.2, 0.25) is 0 Å². The third kappa shape index (κ3) is 6.57. The maximum atomic E-state index is 5.83. The molecule has 2 aromatic rings. The Kier molecular flexibility index (Phi) is 9.98. The maximum Gasteiger partial charge on any atom is 0.190 e. The molecule has 2 atom stereocenters. The van der Waals surface area contributed by atoms with Crippen molar-refractivity contribution in [2.45, 2.75) is 25.3 Å². The fraction of sp³-hybridized carbons (Fsp3) is 0.500. The van der Waals surface area contributed by atoms with Gasteiger partial charge in [0.05, 0.1) is 0 Å². The van der Waals surface area contributed by atoms with E-state index in [9.17, 15) is 0 Å². The number of likely N-dealkylation sites (tertiary alicyclic amines) is 1. The van der Waals surface area contributed by atoms with Gasteiger partial charge in [-0.05, 0) is 61.8 Å². The number of piperidine rings is 1. The van der Waals surface area contributed by atoms with Crippen LogP contribution in [0.25, 0.3) is 0 Å². The molecule has 1 saturated heterocycles. The maximum absolute atomic E-state index is 5.83. The summed E-state index contributed by atoms with van der Waals surface area (Å²) in [4.78, 5) is 12.4. The fourth-order valence-electron chi connectivity index (χ4n) is 3.71. The van der Waals surface area contributed by atoms with Crippen molar-refractivity contribution in [2.24, 2.45) is 10.9 Å². The molecule has 0 radical (unpaired) electrons. The number of aliphatic imine (C=N–C) groups is 1. The lowest BCUT2D eigenvalue weighted by molar-refractivity contribution is 0.125. The lowest BCUT2D eigenvalue weighted by Gasteiger charge is -2.39. The van der Waals surface area contributed by atoms with E-state index in [0.29, 0.717) is 17.1 Å². The molecule has 3 heterocycles. The first-order chi connectivity index (χ1) is 13.2. The van der Waals surface area contributed by atoms with Crippen LogP contribution in [0.2, 0.25) is 5.15 Å². The molecule has 0 bridgehead atoms. The van der Waals surface area contributed by atoms with Gasteiger partial charge in [-0.25, -0.2) is 4.98 Å². The average Bonchev–Trinajstić information content (AvgIpc) is 3.20. The van der Waals surface area contributed by atoms with E-state index in [2.05, 4.69) is 50.1 Å². The van der Waals surface area contributed by atoms with Gasteiger partial charge in [0.1, 0.15) is 5.15 Å². The lowest BCUT2D eigenvalue weighted by atomic mass is 9.88. The lowest BCUT2D eigenvalue weighted by Crippen LogP contribution is -2.45. The topological polar surface area (TPSA) is 52.6 Å². The predicted molar refractivity (Wildman–Crippen MR) is 130 cm³/mol. The molecule has 0 saturated carbocycles. The zero-order valence-corrected chi connectivity index (χ0v) is 20.3. The number of hydrogen-bond acceptors (Lipinski definition) is 4. The summed E-state index contributed by atoms with van der Waals surface area (Å²) in [5.41, 5.74) is 1.16. The summed E-state index contributed by atoms with van der Waals surface area (Å²) >= 11 is 7.69. The highest BCUT2D eigenvalue weighted by atomic mass is 127. The van der Waals surface area contributed by atoms with E-state index in [4.69, 9.17) is 11.6 Å². The second kappa shape index (κ2) is 11.9. The van der Waals surface area contributed by atoms with Crippen molar-refractivity contribution in [1.29, 1.82) is 0 Å². The van der Waals surface area contributed by atoms with Crippen molar-refractivity contribution in [3.05, 3.63) is 51.4 Å². The van der Waals surface area contributed by atoms with Crippen LogP contribution in [0, 0.1) is 5.92 Å². The molecule has 154 valence electrons. The second-order valence-corrected chi connectivity index (χ2v) is 8.33.